The van der Waals surface area contributed by atoms with E-state index >= 15 is 0 Å². The molecule has 0 saturated heterocycles. The van der Waals surface area contributed by atoms with Gasteiger partial charge in [0.2, 0.25) is 0 Å². The number of rotatable bonds is 5. The Morgan fingerprint density at radius 1 is 1.25 bits per heavy atom. The predicted molar refractivity (Wildman–Crippen MR) is 94.5 cm³/mol. The van der Waals surface area contributed by atoms with Gasteiger partial charge >= 0.3 is 5.97 Å². The standard InChI is InChI=1S/C18H18ClNO3S/c19-13-5-3-4-12(8-13)9-20-17(21)10-23-18(22)15-11-24-16-7-2-1-6-14(15)16/h3-5,8,11H,1-2,6-7,9-10H2,(H,20,21). The normalized spacial score (nSPS) is 13.2. The maximum atomic E-state index is 12.2. The number of carbonyl (C=O) groups is 2. The van der Waals surface area contributed by atoms with Crippen LogP contribution in [0.4, 0.5) is 0 Å². The van der Waals surface area contributed by atoms with Crippen molar-refractivity contribution in [3.63, 3.8) is 0 Å². The minimum absolute atomic E-state index is 0.274. The average molecular weight is 364 g/mol. The van der Waals surface area contributed by atoms with Crippen LogP contribution in [-0.4, -0.2) is 18.5 Å². The number of thiophene rings is 1. The fourth-order valence-electron chi connectivity index (χ4n) is 2.77. The van der Waals surface area contributed by atoms with E-state index in [2.05, 4.69) is 5.32 Å². The zero-order valence-electron chi connectivity index (χ0n) is 13.1. The van der Waals surface area contributed by atoms with E-state index in [-0.39, 0.29) is 12.5 Å². The molecule has 0 bridgehead atoms. The molecule has 1 aromatic carbocycles. The molecule has 24 heavy (non-hydrogen) atoms. The van der Waals surface area contributed by atoms with Gasteiger partial charge in [0.15, 0.2) is 6.61 Å². The minimum Gasteiger partial charge on any atom is -0.452 e. The summed E-state index contributed by atoms with van der Waals surface area (Å²) in [5.41, 5.74) is 2.63. The van der Waals surface area contributed by atoms with Crippen molar-refractivity contribution < 1.29 is 14.3 Å². The van der Waals surface area contributed by atoms with Crippen LogP contribution >= 0.6 is 22.9 Å². The van der Waals surface area contributed by atoms with Crippen LogP contribution in [0.25, 0.3) is 0 Å². The van der Waals surface area contributed by atoms with Gasteiger partial charge in [-0.15, -0.1) is 11.3 Å². The van der Waals surface area contributed by atoms with Gasteiger partial charge in [0.05, 0.1) is 5.56 Å². The van der Waals surface area contributed by atoms with Crippen molar-refractivity contribution in [3.05, 3.63) is 56.2 Å². The zero-order chi connectivity index (χ0) is 16.9. The van der Waals surface area contributed by atoms with Crippen LogP contribution in [0.5, 0.6) is 0 Å². The number of carbonyl (C=O) groups excluding carboxylic acids is 2. The summed E-state index contributed by atoms with van der Waals surface area (Å²) in [5, 5.41) is 5.19. The van der Waals surface area contributed by atoms with Crippen LogP contribution in [0.3, 0.4) is 0 Å². The van der Waals surface area contributed by atoms with Gasteiger partial charge in [-0.3, -0.25) is 4.79 Å². The minimum atomic E-state index is -0.410. The Bertz CT molecular complexity index is 756. The molecule has 1 aromatic heterocycles. The molecule has 0 atom stereocenters. The molecular weight excluding hydrogens is 346 g/mol. The molecule has 1 N–H and O–H groups in total. The van der Waals surface area contributed by atoms with E-state index in [9.17, 15) is 9.59 Å². The highest BCUT2D eigenvalue weighted by molar-refractivity contribution is 7.10. The van der Waals surface area contributed by atoms with E-state index in [4.69, 9.17) is 16.3 Å². The van der Waals surface area contributed by atoms with Crippen molar-refractivity contribution in [1.29, 1.82) is 0 Å². The van der Waals surface area contributed by atoms with Crippen molar-refractivity contribution in [3.8, 4) is 0 Å². The number of halogens is 1. The molecule has 0 unspecified atom stereocenters. The third-order valence-electron chi connectivity index (χ3n) is 3.99. The van der Waals surface area contributed by atoms with Crippen molar-refractivity contribution in [2.24, 2.45) is 0 Å². The summed E-state index contributed by atoms with van der Waals surface area (Å²) in [6, 6.07) is 7.25. The second kappa shape index (κ2) is 7.81. The number of fused-ring (bicyclic) bond motifs is 1. The molecule has 0 spiro atoms. The Morgan fingerprint density at radius 2 is 2.08 bits per heavy atom. The summed E-state index contributed by atoms with van der Waals surface area (Å²) in [7, 11) is 0. The summed E-state index contributed by atoms with van der Waals surface area (Å²) in [6.45, 7) is 0.0782. The summed E-state index contributed by atoms with van der Waals surface area (Å²) in [5.74, 6) is -0.736. The average Bonchev–Trinajstić information content (AvgIpc) is 3.02. The first-order valence-electron chi connectivity index (χ1n) is 7.91. The molecule has 0 aliphatic heterocycles. The van der Waals surface area contributed by atoms with Gasteiger partial charge in [-0.05, 0) is 48.9 Å². The van der Waals surface area contributed by atoms with Gasteiger partial charge < -0.3 is 10.1 Å². The molecule has 0 fully saturated rings. The third kappa shape index (κ3) is 4.16. The van der Waals surface area contributed by atoms with Crippen LogP contribution < -0.4 is 5.32 Å². The lowest BCUT2D eigenvalue weighted by Gasteiger charge is -2.12. The van der Waals surface area contributed by atoms with E-state index in [0.717, 1.165) is 30.4 Å². The second-order valence-corrected chi connectivity index (χ2v) is 7.14. The van der Waals surface area contributed by atoms with E-state index < -0.39 is 5.97 Å². The molecule has 6 heteroatoms. The molecule has 1 heterocycles. The van der Waals surface area contributed by atoms with Crippen molar-refractivity contribution in [2.75, 3.05) is 6.61 Å². The highest BCUT2D eigenvalue weighted by atomic mass is 35.5. The molecule has 1 amide bonds. The molecule has 1 aliphatic carbocycles. The zero-order valence-corrected chi connectivity index (χ0v) is 14.7. The highest BCUT2D eigenvalue weighted by Gasteiger charge is 2.21. The Morgan fingerprint density at radius 3 is 2.92 bits per heavy atom. The smallest absolute Gasteiger partial charge is 0.339 e. The molecule has 0 saturated carbocycles. The van der Waals surface area contributed by atoms with Crippen LogP contribution in [-0.2, 0) is 28.9 Å². The van der Waals surface area contributed by atoms with Gasteiger partial charge in [0.25, 0.3) is 5.91 Å². The number of aryl methyl sites for hydroxylation is 1. The van der Waals surface area contributed by atoms with E-state index in [0.29, 0.717) is 17.1 Å². The molecule has 126 valence electrons. The first kappa shape index (κ1) is 17.0. The molecule has 3 rings (SSSR count). The first-order valence-corrected chi connectivity index (χ1v) is 9.17. The van der Waals surface area contributed by atoms with Gasteiger partial charge in [0, 0.05) is 21.8 Å². The number of nitrogens with one attached hydrogen (secondary N) is 1. The Balaban J connectivity index is 1.49. The molecule has 2 aromatic rings. The van der Waals surface area contributed by atoms with Gasteiger partial charge in [-0.1, -0.05) is 23.7 Å². The number of hydrogen-bond acceptors (Lipinski definition) is 4. The van der Waals surface area contributed by atoms with E-state index in [1.165, 1.54) is 11.3 Å². The van der Waals surface area contributed by atoms with Gasteiger partial charge in [-0.2, -0.15) is 0 Å². The summed E-state index contributed by atoms with van der Waals surface area (Å²) >= 11 is 7.51. The van der Waals surface area contributed by atoms with Gasteiger partial charge in [0.1, 0.15) is 0 Å². The maximum absolute atomic E-state index is 12.2. The molecule has 0 radical (unpaired) electrons. The SMILES string of the molecule is O=C(COC(=O)c1csc2c1CCCC2)NCc1cccc(Cl)c1. The molecular formula is C18H18ClNO3S. The topological polar surface area (TPSA) is 55.4 Å². The summed E-state index contributed by atoms with van der Waals surface area (Å²) in [4.78, 5) is 25.3. The second-order valence-electron chi connectivity index (χ2n) is 5.74. The van der Waals surface area contributed by atoms with Crippen molar-refractivity contribution in [2.45, 2.75) is 32.2 Å². The summed E-state index contributed by atoms with van der Waals surface area (Å²) < 4.78 is 5.16. The van der Waals surface area contributed by atoms with Crippen LogP contribution in [0.2, 0.25) is 5.02 Å². The van der Waals surface area contributed by atoms with Gasteiger partial charge in [-0.25, -0.2) is 4.79 Å². The largest absolute Gasteiger partial charge is 0.452 e. The fourth-order valence-corrected chi connectivity index (χ4v) is 4.10. The highest BCUT2D eigenvalue weighted by Crippen LogP contribution is 2.30. The van der Waals surface area contributed by atoms with Crippen LogP contribution in [0.1, 0.15) is 39.2 Å². The molecule has 1 aliphatic rings. The maximum Gasteiger partial charge on any atom is 0.339 e. The summed E-state index contributed by atoms with van der Waals surface area (Å²) in [6.07, 6.45) is 4.23. The Hall–Kier alpha value is -1.85. The third-order valence-corrected chi connectivity index (χ3v) is 5.32. The van der Waals surface area contributed by atoms with E-state index in [1.807, 2.05) is 17.5 Å². The quantitative estimate of drug-likeness (QED) is 0.823. The predicted octanol–water partition coefficient (Wildman–Crippen LogP) is 3.75. The lowest BCUT2D eigenvalue weighted by atomic mass is 9.96. The van der Waals surface area contributed by atoms with Crippen molar-refractivity contribution >= 4 is 34.8 Å². The first-order chi connectivity index (χ1) is 11.6. The monoisotopic (exact) mass is 363 g/mol. The lowest BCUT2D eigenvalue weighted by Crippen LogP contribution is -2.28. The number of benzene rings is 1. The fraction of sp³-hybridized carbons (Fsp3) is 0.333. The van der Waals surface area contributed by atoms with Crippen LogP contribution in [0.15, 0.2) is 29.6 Å². The lowest BCUT2D eigenvalue weighted by molar-refractivity contribution is -0.124. The number of ether oxygens (including phenoxy) is 1. The number of esters is 1. The van der Waals surface area contributed by atoms with E-state index in [1.54, 1.807) is 23.5 Å². The Kier molecular flexibility index (Phi) is 5.53. The van der Waals surface area contributed by atoms with Crippen LogP contribution in [0, 0.1) is 0 Å². The van der Waals surface area contributed by atoms with Crippen molar-refractivity contribution in [1.82, 2.24) is 5.32 Å². The molecule has 4 nitrogen and oxygen atoms in total. The number of amides is 1. The number of hydrogen-bond donors (Lipinski definition) is 1. The Labute approximate surface area is 149 Å².